The molecule has 1 aliphatic heterocycles. The first-order valence-electron chi connectivity index (χ1n) is 6.68. The highest BCUT2D eigenvalue weighted by molar-refractivity contribution is 6.35. The number of aliphatic carboxylic acids is 1. The van der Waals surface area contributed by atoms with Crippen LogP contribution in [0.1, 0.15) is 24.4 Å². The Morgan fingerprint density at radius 3 is 2.75 bits per heavy atom. The summed E-state index contributed by atoms with van der Waals surface area (Å²) in [7, 11) is 0. The molecule has 1 unspecified atom stereocenters. The zero-order valence-corrected chi connectivity index (χ0v) is 11.7. The number of aromatic nitrogens is 1. The average Bonchev–Trinajstić information content (AvgIpc) is 2.95. The number of hydrogen-bond acceptors (Lipinski definition) is 3. The lowest BCUT2D eigenvalue weighted by molar-refractivity contribution is -0.143. The van der Waals surface area contributed by atoms with Crippen LogP contribution in [-0.2, 0) is 4.79 Å². The van der Waals surface area contributed by atoms with E-state index in [-0.39, 0.29) is 0 Å². The molecule has 0 bridgehead atoms. The number of benzene rings is 1. The van der Waals surface area contributed by atoms with Crippen LogP contribution in [0.5, 0.6) is 0 Å². The van der Waals surface area contributed by atoms with Crippen LogP contribution in [-0.4, -0.2) is 34.0 Å². The summed E-state index contributed by atoms with van der Waals surface area (Å²) in [5.41, 5.74) is 1.40. The van der Waals surface area contributed by atoms with Crippen molar-refractivity contribution in [2.24, 2.45) is 0 Å². The molecule has 2 heterocycles. The lowest BCUT2D eigenvalue weighted by atomic mass is 10.0. The zero-order chi connectivity index (χ0) is 14.1. The fourth-order valence-electron chi connectivity index (χ4n) is 2.87. The molecule has 0 amide bonds. The molecular weight excluding hydrogens is 276 g/mol. The number of halogens is 1. The van der Waals surface area contributed by atoms with Gasteiger partial charge in [-0.1, -0.05) is 17.7 Å². The first-order chi connectivity index (χ1) is 9.68. The van der Waals surface area contributed by atoms with E-state index in [4.69, 9.17) is 11.6 Å². The Labute approximate surface area is 122 Å². The summed E-state index contributed by atoms with van der Waals surface area (Å²) in [5.74, 6) is -0.832. The summed E-state index contributed by atoms with van der Waals surface area (Å²) in [5, 5.41) is 11.0. The third-order valence-electron chi connectivity index (χ3n) is 3.78. The van der Waals surface area contributed by atoms with E-state index >= 15 is 0 Å². The van der Waals surface area contributed by atoms with Crippen molar-refractivity contribution in [1.82, 2.24) is 9.88 Å². The summed E-state index contributed by atoms with van der Waals surface area (Å²) in [6.07, 6.45) is 3.76. The van der Waals surface area contributed by atoms with E-state index < -0.39 is 12.0 Å². The lowest BCUT2D eigenvalue weighted by Gasteiger charge is -2.24. The fraction of sp³-hybridized carbons (Fsp3) is 0.333. The summed E-state index contributed by atoms with van der Waals surface area (Å²) in [4.78, 5) is 18.1. The summed E-state index contributed by atoms with van der Waals surface area (Å²) < 4.78 is 0. The second kappa shape index (κ2) is 5.38. The van der Waals surface area contributed by atoms with Gasteiger partial charge in [0.2, 0.25) is 0 Å². The van der Waals surface area contributed by atoms with Crippen molar-refractivity contribution in [2.75, 3.05) is 13.1 Å². The molecule has 1 fully saturated rings. The van der Waals surface area contributed by atoms with Gasteiger partial charge in [0.15, 0.2) is 0 Å². The van der Waals surface area contributed by atoms with Crippen LogP contribution in [0.4, 0.5) is 0 Å². The van der Waals surface area contributed by atoms with Gasteiger partial charge in [0.05, 0.1) is 5.52 Å². The molecule has 2 aromatic rings. The number of likely N-dealkylation sites (tertiary alicyclic amines) is 1. The van der Waals surface area contributed by atoms with Crippen molar-refractivity contribution in [3.63, 3.8) is 0 Å². The first-order valence-corrected chi connectivity index (χ1v) is 7.06. The monoisotopic (exact) mass is 290 g/mol. The summed E-state index contributed by atoms with van der Waals surface area (Å²) in [6.45, 7) is 1.63. The van der Waals surface area contributed by atoms with Crippen LogP contribution in [0.15, 0.2) is 30.5 Å². The normalized spacial score (nSPS) is 17.4. The maximum absolute atomic E-state index is 11.7. The molecule has 0 saturated carbocycles. The van der Waals surface area contributed by atoms with Gasteiger partial charge in [0.1, 0.15) is 6.04 Å². The minimum absolute atomic E-state index is 0.599. The van der Waals surface area contributed by atoms with E-state index in [1.807, 2.05) is 17.0 Å². The molecule has 1 aliphatic rings. The molecule has 104 valence electrons. The van der Waals surface area contributed by atoms with Gasteiger partial charge in [-0.3, -0.25) is 14.7 Å². The molecule has 0 radical (unpaired) electrons. The van der Waals surface area contributed by atoms with E-state index in [1.54, 1.807) is 18.3 Å². The second-order valence-electron chi connectivity index (χ2n) is 5.02. The van der Waals surface area contributed by atoms with Gasteiger partial charge < -0.3 is 5.11 Å². The lowest BCUT2D eigenvalue weighted by Crippen LogP contribution is -2.32. The van der Waals surface area contributed by atoms with E-state index in [9.17, 15) is 9.90 Å². The Balaban J connectivity index is 2.16. The van der Waals surface area contributed by atoms with Gasteiger partial charge >= 0.3 is 5.97 Å². The molecule has 1 saturated heterocycles. The molecule has 1 aromatic heterocycles. The van der Waals surface area contributed by atoms with Gasteiger partial charge in [-0.25, -0.2) is 0 Å². The molecule has 5 heteroatoms. The third-order valence-corrected chi connectivity index (χ3v) is 4.11. The number of hydrogen-bond donors (Lipinski definition) is 1. The quantitative estimate of drug-likeness (QED) is 0.944. The maximum atomic E-state index is 11.7. The smallest absolute Gasteiger partial charge is 0.325 e. The SMILES string of the molecule is O=C(O)C(c1ccc(Cl)c2cccnc12)N1CCCC1. The molecule has 20 heavy (non-hydrogen) atoms. The third kappa shape index (κ3) is 2.25. The second-order valence-corrected chi connectivity index (χ2v) is 5.43. The Hall–Kier alpha value is -1.65. The van der Waals surface area contributed by atoms with Crippen LogP contribution in [0.25, 0.3) is 10.9 Å². The van der Waals surface area contributed by atoms with Crippen LogP contribution in [0.3, 0.4) is 0 Å². The Bertz CT molecular complexity index is 653. The van der Waals surface area contributed by atoms with E-state index in [0.717, 1.165) is 36.9 Å². The van der Waals surface area contributed by atoms with Crippen molar-refractivity contribution in [3.8, 4) is 0 Å². The highest BCUT2D eigenvalue weighted by Crippen LogP contribution is 2.32. The van der Waals surface area contributed by atoms with Gasteiger partial charge in [-0.05, 0) is 44.1 Å². The predicted molar refractivity (Wildman–Crippen MR) is 77.9 cm³/mol. The molecule has 1 atom stereocenters. The molecule has 0 aliphatic carbocycles. The Morgan fingerprint density at radius 1 is 1.30 bits per heavy atom. The molecule has 1 aromatic carbocycles. The van der Waals surface area contributed by atoms with Crippen LogP contribution >= 0.6 is 11.6 Å². The predicted octanol–water partition coefficient (Wildman–Crippen LogP) is 3.11. The minimum atomic E-state index is -0.832. The number of pyridine rings is 1. The highest BCUT2D eigenvalue weighted by Gasteiger charge is 2.31. The topological polar surface area (TPSA) is 53.4 Å². The van der Waals surface area contributed by atoms with Crippen molar-refractivity contribution < 1.29 is 9.90 Å². The summed E-state index contributed by atoms with van der Waals surface area (Å²) >= 11 is 6.17. The van der Waals surface area contributed by atoms with Crippen molar-refractivity contribution >= 4 is 28.5 Å². The number of carbonyl (C=O) groups is 1. The van der Waals surface area contributed by atoms with Crippen molar-refractivity contribution in [2.45, 2.75) is 18.9 Å². The fourth-order valence-corrected chi connectivity index (χ4v) is 3.08. The van der Waals surface area contributed by atoms with Crippen molar-refractivity contribution in [3.05, 3.63) is 41.0 Å². The molecule has 4 nitrogen and oxygen atoms in total. The highest BCUT2D eigenvalue weighted by atomic mass is 35.5. The van der Waals surface area contributed by atoms with E-state index in [0.29, 0.717) is 10.5 Å². The number of carboxylic acids is 1. The molecule has 1 N–H and O–H groups in total. The van der Waals surface area contributed by atoms with Crippen LogP contribution in [0, 0.1) is 0 Å². The number of fused-ring (bicyclic) bond motifs is 1. The van der Waals surface area contributed by atoms with E-state index in [1.165, 1.54) is 0 Å². The van der Waals surface area contributed by atoms with Crippen LogP contribution in [0.2, 0.25) is 5.02 Å². The largest absolute Gasteiger partial charge is 0.480 e. The molecular formula is C15H15ClN2O2. The van der Waals surface area contributed by atoms with Gasteiger partial charge in [-0.15, -0.1) is 0 Å². The Kier molecular flexibility index (Phi) is 3.59. The number of rotatable bonds is 3. The maximum Gasteiger partial charge on any atom is 0.325 e. The van der Waals surface area contributed by atoms with Crippen LogP contribution < -0.4 is 0 Å². The van der Waals surface area contributed by atoms with Gasteiger partial charge in [0.25, 0.3) is 0 Å². The molecule has 0 spiro atoms. The van der Waals surface area contributed by atoms with E-state index in [2.05, 4.69) is 4.98 Å². The average molecular weight is 291 g/mol. The standard InChI is InChI=1S/C15H15ClN2O2/c16-12-6-5-11(13-10(12)4-3-7-17-13)14(15(19)20)18-8-1-2-9-18/h3-7,14H,1-2,8-9H2,(H,19,20). The minimum Gasteiger partial charge on any atom is -0.480 e. The summed E-state index contributed by atoms with van der Waals surface area (Å²) in [6, 6.07) is 6.58. The zero-order valence-electron chi connectivity index (χ0n) is 10.9. The van der Waals surface area contributed by atoms with Crippen molar-refractivity contribution in [1.29, 1.82) is 0 Å². The number of nitrogens with zero attached hydrogens (tertiary/aromatic N) is 2. The number of carboxylic acid groups (broad SMARTS) is 1. The van der Waals surface area contributed by atoms with Gasteiger partial charge in [0, 0.05) is 22.2 Å². The molecule has 3 rings (SSSR count). The van der Waals surface area contributed by atoms with Gasteiger partial charge in [-0.2, -0.15) is 0 Å². The first kappa shape index (κ1) is 13.3. The Morgan fingerprint density at radius 2 is 2.05 bits per heavy atom.